The number of nitrogens with zero attached hydrogens (tertiary/aromatic N) is 1. The van der Waals surface area contributed by atoms with E-state index in [1.807, 2.05) is 12.1 Å². The Labute approximate surface area is 98.2 Å². The van der Waals surface area contributed by atoms with Crippen LogP contribution in [0.25, 0.3) is 0 Å². The SMILES string of the molecule is COc1ccccc1CCCN1CCCC1. The first-order valence-electron chi connectivity index (χ1n) is 6.24. The summed E-state index contributed by atoms with van der Waals surface area (Å²) >= 11 is 0. The normalized spacial score (nSPS) is 16.6. The van der Waals surface area contributed by atoms with Crippen molar-refractivity contribution in [3.05, 3.63) is 29.8 Å². The van der Waals surface area contributed by atoms with Gasteiger partial charge in [0.25, 0.3) is 0 Å². The second-order valence-corrected chi connectivity index (χ2v) is 4.46. The van der Waals surface area contributed by atoms with Crippen molar-refractivity contribution in [2.45, 2.75) is 25.7 Å². The molecule has 1 aromatic rings. The minimum absolute atomic E-state index is 1.03. The Morgan fingerprint density at radius 2 is 1.94 bits per heavy atom. The van der Waals surface area contributed by atoms with Gasteiger partial charge in [0.1, 0.15) is 5.75 Å². The summed E-state index contributed by atoms with van der Waals surface area (Å²) in [4.78, 5) is 2.56. The summed E-state index contributed by atoms with van der Waals surface area (Å²) < 4.78 is 5.35. The van der Waals surface area contributed by atoms with Crippen molar-refractivity contribution < 1.29 is 4.74 Å². The highest BCUT2D eigenvalue weighted by Gasteiger charge is 2.10. The second-order valence-electron chi connectivity index (χ2n) is 4.46. The number of ether oxygens (including phenoxy) is 1. The number of rotatable bonds is 5. The van der Waals surface area contributed by atoms with Gasteiger partial charge in [-0.1, -0.05) is 18.2 Å². The average Bonchev–Trinajstić information content (AvgIpc) is 2.83. The molecule has 0 saturated carbocycles. The molecule has 0 aliphatic carbocycles. The van der Waals surface area contributed by atoms with Crippen molar-refractivity contribution >= 4 is 0 Å². The lowest BCUT2D eigenvalue weighted by Crippen LogP contribution is -2.20. The molecule has 0 unspecified atom stereocenters. The average molecular weight is 219 g/mol. The molecule has 0 amide bonds. The highest BCUT2D eigenvalue weighted by atomic mass is 16.5. The molecule has 1 aliphatic heterocycles. The molecule has 2 rings (SSSR count). The fourth-order valence-electron chi connectivity index (χ4n) is 2.41. The van der Waals surface area contributed by atoms with Gasteiger partial charge in [-0.25, -0.2) is 0 Å². The molecule has 0 radical (unpaired) electrons. The Kier molecular flexibility index (Phi) is 4.23. The van der Waals surface area contributed by atoms with Crippen molar-refractivity contribution in [3.8, 4) is 5.75 Å². The lowest BCUT2D eigenvalue weighted by atomic mass is 10.1. The highest BCUT2D eigenvalue weighted by molar-refractivity contribution is 5.33. The Hall–Kier alpha value is -1.02. The fraction of sp³-hybridized carbons (Fsp3) is 0.571. The Morgan fingerprint density at radius 3 is 2.69 bits per heavy atom. The molecule has 1 heterocycles. The predicted molar refractivity (Wildman–Crippen MR) is 67.0 cm³/mol. The molecule has 0 bridgehead atoms. The van der Waals surface area contributed by atoms with Crippen LogP contribution in [0, 0.1) is 0 Å². The highest BCUT2D eigenvalue weighted by Crippen LogP contribution is 2.19. The van der Waals surface area contributed by atoms with E-state index in [0.717, 1.165) is 12.2 Å². The first-order valence-corrected chi connectivity index (χ1v) is 6.24. The van der Waals surface area contributed by atoms with E-state index in [1.165, 1.54) is 44.5 Å². The molecule has 2 heteroatoms. The first kappa shape index (κ1) is 11.5. The third kappa shape index (κ3) is 2.99. The van der Waals surface area contributed by atoms with E-state index in [0.29, 0.717) is 0 Å². The maximum atomic E-state index is 5.35. The third-order valence-corrected chi connectivity index (χ3v) is 3.31. The first-order chi connectivity index (χ1) is 7.90. The molecule has 16 heavy (non-hydrogen) atoms. The van der Waals surface area contributed by atoms with E-state index in [4.69, 9.17) is 4.74 Å². The molecular formula is C14H21NO. The number of hydrogen-bond donors (Lipinski definition) is 0. The van der Waals surface area contributed by atoms with Crippen molar-refractivity contribution in [2.75, 3.05) is 26.7 Å². The molecule has 1 aliphatic rings. The van der Waals surface area contributed by atoms with Crippen LogP contribution in [0.3, 0.4) is 0 Å². The zero-order chi connectivity index (χ0) is 11.2. The van der Waals surface area contributed by atoms with Gasteiger partial charge in [-0.05, 0) is 56.9 Å². The van der Waals surface area contributed by atoms with Crippen LogP contribution in [0.1, 0.15) is 24.8 Å². The van der Waals surface area contributed by atoms with Gasteiger partial charge in [-0.3, -0.25) is 0 Å². The molecule has 1 saturated heterocycles. The molecule has 88 valence electrons. The number of aryl methyl sites for hydroxylation is 1. The van der Waals surface area contributed by atoms with Gasteiger partial charge >= 0.3 is 0 Å². The Balaban J connectivity index is 1.79. The Morgan fingerprint density at radius 1 is 1.19 bits per heavy atom. The minimum Gasteiger partial charge on any atom is -0.496 e. The van der Waals surface area contributed by atoms with E-state index < -0.39 is 0 Å². The van der Waals surface area contributed by atoms with E-state index in [1.54, 1.807) is 7.11 Å². The summed E-state index contributed by atoms with van der Waals surface area (Å²) in [5.74, 6) is 1.03. The maximum Gasteiger partial charge on any atom is 0.122 e. The molecule has 0 aromatic heterocycles. The van der Waals surface area contributed by atoms with Gasteiger partial charge in [-0.15, -0.1) is 0 Å². The van der Waals surface area contributed by atoms with Gasteiger partial charge in [0.05, 0.1) is 7.11 Å². The van der Waals surface area contributed by atoms with Gasteiger partial charge in [0.2, 0.25) is 0 Å². The van der Waals surface area contributed by atoms with Crippen molar-refractivity contribution in [1.29, 1.82) is 0 Å². The summed E-state index contributed by atoms with van der Waals surface area (Å²) in [7, 11) is 1.75. The third-order valence-electron chi connectivity index (χ3n) is 3.31. The maximum absolute atomic E-state index is 5.35. The molecular weight excluding hydrogens is 198 g/mol. The molecule has 0 N–H and O–H groups in total. The lowest BCUT2D eigenvalue weighted by molar-refractivity contribution is 0.332. The van der Waals surface area contributed by atoms with Gasteiger partial charge < -0.3 is 9.64 Å². The summed E-state index contributed by atoms with van der Waals surface area (Å²) in [5, 5.41) is 0. The van der Waals surface area contributed by atoms with Crippen LogP contribution in [0.5, 0.6) is 5.75 Å². The summed E-state index contributed by atoms with van der Waals surface area (Å²) in [5.41, 5.74) is 1.34. The van der Waals surface area contributed by atoms with Crippen LogP contribution >= 0.6 is 0 Å². The molecule has 1 aromatic carbocycles. The van der Waals surface area contributed by atoms with Crippen molar-refractivity contribution in [2.24, 2.45) is 0 Å². The largest absolute Gasteiger partial charge is 0.496 e. The molecule has 1 fully saturated rings. The van der Waals surface area contributed by atoms with E-state index in [-0.39, 0.29) is 0 Å². The van der Waals surface area contributed by atoms with Crippen LogP contribution in [0.4, 0.5) is 0 Å². The number of benzene rings is 1. The van der Waals surface area contributed by atoms with E-state index in [2.05, 4.69) is 17.0 Å². The number of methoxy groups -OCH3 is 1. The lowest BCUT2D eigenvalue weighted by Gasteiger charge is -2.14. The zero-order valence-electron chi connectivity index (χ0n) is 10.1. The topological polar surface area (TPSA) is 12.5 Å². The summed E-state index contributed by atoms with van der Waals surface area (Å²) in [6, 6.07) is 8.34. The predicted octanol–water partition coefficient (Wildman–Crippen LogP) is 2.72. The van der Waals surface area contributed by atoms with Crippen LogP contribution in [0.15, 0.2) is 24.3 Å². The molecule has 2 nitrogen and oxygen atoms in total. The van der Waals surface area contributed by atoms with E-state index in [9.17, 15) is 0 Å². The Bertz CT molecular complexity index is 318. The van der Waals surface area contributed by atoms with Crippen molar-refractivity contribution in [1.82, 2.24) is 4.90 Å². The van der Waals surface area contributed by atoms with Crippen LogP contribution in [0.2, 0.25) is 0 Å². The smallest absolute Gasteiger partial charge is 0.122 e. The fourth-order valence-corrected chi connectivity index (χ4v) is 2.41. The van der Waals surface area contributed by atoms with Crippen LogP contribution in [-0.4, -0.2) is 31.6 Å². The minimum atomic E-state index is 1.03. The van der Waals surface area contributed by atoms with Gasteiger partial charge in [-0.2, -0.15) is 0 Å². The summed E-state index contributed by atoms with van der Waals surface area (Å²) in [6.07, 6.45) is 5.13. The van der Waals surface area contributed by atoms with Crippen LogP contribution < -0.4 is 4.74 Å². The number of hydrogen-bond acceptors (Lipinski definition) is 2. The monoisotopic (exact) mass is 219 g/mol. The molecule has 0 atom stereocenters. The number of likely N-dealkylation sites (tertiary alicyclic amines) is 1. The standard InChI is InChI=1S/C14H21NO/c1-16-14-9-3-2-7-13(14)8-6-12-15-10-4-5-11-15/h2-3,7,9H,4-6,8,10-12H2,1H3. The van der Waals surface area contributed by atoms with E-state index >= 15 is 0 Å². The molecule has 0 spiro atoms. The quantitative estimate of drug-likeness (QED) is 0.755. The van der Waals surface area contributed by atoms with Crippen LogP contribution in [-0.2, 0) is 6.42 Å². The number of para-hydroxylation sites is 1. The summed E-state index contributed by atoms with van der Waals surface area (Å²) in [6.45, 7) is 3.83. The second kappa shape index (κ2) is 5.90. The van der Waals surface area contributed by atoms with Gasteiger partial charge in [0.15, 0.2) is 0 Å². The zero-order valence-corrected chi connectivity index (χ0v) is 10.1. The van der Waals surface area contributed by atoms with Gasteiger partial charge in [0, 0.05) is 0 Å². The van der Waals surface area contributed by atoms with Crippen molar-refractivity contribution in [3.63, 3.8) is 0 Å².